The van der Waals surface area contributed by atoms with Gasteiger partial charge in [0.1, 0.15) is 0 Å². The van der Waals surface area contributed by atoms with Gasteiger partial charge in [-0.05, 0) is 19.8 Å². The molecule has 1 fully saturated rings. The van der Waals surface area contributed by atoms with Gasteiger partial charge in [0, 0.05) is 5.71 Å². The average molecular weight is 272 g/mol. The topological polar surface area (TPSA) is 32.7 Å². The Bertz CT molecular complexity index is 300. The van der Waals surface area contributed by atoms with Crippen molar-refractivity contribution in [2.75, 3.05) is 5.75 Å². The Morgan fingerprint density at radius 2 is 2.12 bits per heavy atom. The van der Waals surface area contributed by atoms with Crippen LogP contribution in [-0.4, -0.2) is 26.7 Å². The van der Waals surface area contributed by atoms with Crippen LogP contribution >= 0.6 is 24.0 Å². The number of hydrazone groups is 1. The molecule has 5 heteroatoms. The van der Waals surface area contributed by atoms with Crippen molar-refractivity contribution in [3.05, 3.63) is 0 Å². The van der Waals surface area contributed by atoms with E-state index in [1.54, 1.807) is 0 Å². The molecular weight excluding hydrogens is 252 g/mol. The molecule has 3 nitrogen and oxygen atoms in total. The number of carbonyl (C=O) groups is 1. The molecule has 0 aromatic carbocycles. The molecule has 0 radical (unpaired) electrons. The van der Waals surface area contributed by atoms with Gasteiger partial charge in [-0.1, -0.05) is 56.6 Å². The van der Waals surface area contributed by atoms with Crippen molar-refractivity contribution in [2.24, 2.45) is 5.10 Å². The Morgan fingerprint density at radius 3 is 2.71 bits per heavy atom. The van der Waals surface area contributed by atoms with E-state index in [1.807, 2.05) is 6.92 Å². The van der Waals surface area contributed by atoms with E-state index in [4.69, 9.17) is 12.2 Å². The van der Waals surface area contributed by atoms with Gasteiger partial charge in [-0.25, -0.2) is 0 Å². The van der Waals surface area contributed by atoms with E-state index in [2.05, 4.69) is 12.0 Å². The molecule has 0 N–H and O–H groups in total. The van der Waals surface area contributed by atoms with Gasteiger partial charge in [0.15, 0.2) is 4.32 Å². The second-order valence-corrected chi connectivity index (χ2v) is 5.87. The zero-order valence-corrected chi connectivity index (χ0v) is 12.2. The minimum absolute atomic E-state index is 0.00494. The highest BCUT2D eigenvalue weighted by Crippen LogP contribution is 2.20. The monoisotopic (exact) mass is 272 g/mol. The van der Waals surface area contributed by atoms with Gasteiger partial charge in [0.25, 0.3) is 5.91 Å². The SMILES string of the molecule is CCCCCCCC(C)=NN1C(=O)CSC1=S. The molecule has 0 aliphatic carbocycles. The number of nitrogens with zero attached hydrogens (tertiary/aromatic N) is 2. The third-order valence-electron chi connectivity index (χ3n) is 2.64. The highest BCUT2D eigenvalue weighted by Gasteiger charge is 2.26. The Hall–Kier alpha value is -0.420. The van der Waals surface area contributed by atoms with Gasteiger partial charge in [-0.15, -0.1) is 0 Å². The van der Waals surface area contributed by atoms with E-state index < -0.39 is 0 Å². The lowest BCUT2D eigenvalue weighted by Gasteiger charge is -2.09. The second-order valence-electron chi connectivity index (χ2n) is 4.26. The quantitative estimate of drug-likeness (QED) is 0.403. The van der Waals surface area contributed by atoms with E-state index in [0.29, 0.717) is 10.1 Å². The Kier molecular flexibility index (Phi) is 6.73. The number of thioether (sulfide) groups is 1. The molecule has 0 aromatic heterocycles. The van der Waals surface area contributed by atoms with Crippen molar-refractivity contribution in [3.8, 4) is 0 Å². The summed E-state index contributed by atoms with van der Waals surface area (Å²) in [7, 11) is 0. The first-order valence-electron chi connectivity index (χ1n) is 6.19. The summed E-state index contributed by atoms with van der Waals surface area (Å²) >= 11 is 6.46. The van der Waals surface area contributed by atoms with E-state index >= 15 is 0 Å². The predicted octanol–water partition coefficient (Wildman–Crippen LogP) is 3.58. The maximum Gasteiger partial charge on any atom is 0.259 e. The zero-order chi connectivity index (χ0) is 12.7. The van der Waals surface area contributed by atoms with Crippen molar-refractivity contribution >= 4 is 39.9 Å². The van der Waals surface area contributed by atoms with Crippen molar-refractivity contribution in [1.29, 1.82) is 0 Å². The van der Waals surface area contributed by atoms with Crippen LogP contribution in [0.15, 0.2) is 5.10 Å². The smallest absolute Gasteiger partial charge is 0.259 e. The number of unbranched alkanes of at least 4 members (excludes halogenated alkanes) is 4. The molecule has 1 amide bonds. The first-order chi connectivity index (χ1) is 8.15. The molecule has 0 aromatic rings. The lowest BCUT2D eigenvalue weighted by molar-refractivity contribution is -0.124. The van der Waals surface area contributed by atoms with Crippen molar-refractivity contribution in [2.45, 2.75) is 52.4 Å². The molecule has 96 valence electrons. The summed E-state index contributed by atoms with van der Waals surface area (Å²) in [6.45, 7) is 4.18. The molecule has 1 rings (SSSR count). The van der Waals surface area contributed by atoms with E-state index in [1.165, 1.54) is 42.5 Å². The fourth-order valence-corrected chi connectivity index (χ4v) is 2.60. The maximum absolute atomic E-state index is 11.4. The highest BCUT2D eigenvalue weighted by atomic mass is 32.2. The number of hydrogen-bond donors (Lipinski definition) is 0. The second kappa shape index (κ2) is 7.82. The average Bonchev–Trinajstić information content (AvgIpc) is 2.60. The normalized spacial score (nSPS) is 17.1. The molecule has 1 saturated heterocycles. The number of hydrogen-bond acceptors (Lipinski definition) is 4. The Balaban J connectivity index is 2.29. The summed E-state index contributed by atoms with van der Waals surface area (Å²) in [6.07, 6.45) is 7.22. The van der Waals surface area contributed by atoms with Crippen LogP contribution < -0.4 is 0 Å². The molecule has 0 unspecified atom stereocenters. The number of rotatable bonds is 7. The lowest BCUT2D eigenvalue weighted by atomic mass is 10.1. The Labute approximate surface area is 113 Å². The molecule has 0 spiro atoms. The third kappa shape index (κ3) is 5.17. The maximum atomic E-state index is 11.4. The fourth-order valence-electron chi connectivity index (χ4n) is 1.65. The van der Waals surface area contributed by atoms with E-state index in [0.717, 1.165) is 18.6 Å². The Morgan fingerprint density at radius 1 is 1.41 bits per heavy atom. The largest absolute Gasteiger partial charge is 0.272 e. The van der Waals surface area contributed by atoms with Gasteiger partial charge in [-0.2, -0.15) is 10.1 Å². The molecule has 0 saturated carbocycles. The number of amides is 1. The van der Waals surface area contributed by atoms with Crippen LogP contribution in [0.3, 0.4) is 0 Å². The van der Waals surface area contributed by atoms with Gasteiger partial charge < -0.3 is 0 Å². The van der Waals surface area contributed by atoms with E-state index in [-0.39, 0.29) is 5.91 Å². The van der Waals surface area contributed by atoms with Crippen LogP contribution in [0, 0.1) is 0 Å². The molecule has 0 bridgehead atoms. The summed E-state index contributed by atoms with van der Waals surface area (Å²) in [6, 6.07) is 0. The van der Waals surface area contributed by atoms with Gasteiger partial charge in [0.05, 0.1) is 5.75 Å². The molecule has 1 heterocycles. The van der Waals surface area contributed by atoms with Crippen molar-refractivity contribution < 1.29 is 4.79 Å². The van der Waals surface area contributed by atoms with Crippen LogP contribution in [0.5, 0.6) is 0 Å². The molecule has 17 heavy (non-hydrogen) atoms. The number of carbonyl (C=O) groups excluding carboxylic acids is 1. The van der Waals surface area contributed by atoms with Crippen LogP contribution in [0.25, 0.3) is 0 Å². The van der Waals surface area contributed by atoms with Crippen LogP contribution in [0.4, 0.5) is 0 Å². The summed E-state index contributed by atoms with van der Waals surface area (Å²) in [5, 5.41) is 5.67. The van der Waals surface area contributed by atoms with Crippen LogP contribution in [0.2, 0.25) is 0 Å². The van der Waals surface area contributed by atoms with Gasteiger partial charge >= 0.3 is 0 Å². The minimum atomic E-state index is 0.00494. The fraction of sp³-hybridized carbons (Fsp3) is 0.750. The standard InChI is InChI=1S/C12H20N2OS2/c1-3-4-5-6-7-8-10(2)13-14-11(15)9-17-12(14)16/h3-9H2,1-2H3. The summed E-state index contributed by atoms with van der Waals surface area (Å²) in [5.41, 5.74) is 1.000. The number of thiocarbonyl (C=S) groups is 1. The molecule has 1 aliphatic heterocycles. The van der Waals surface area contributed by atoms with Gasteiger partial charge in [0.2, 0.25) is 0 Å². The van der Waals surface area contributed by atoms with Crippen molar-refractivity contribution in [1.82, 2.24) is 5.01 Å². The lowest BCUT2D eigenvalue weighted by Crippen LogP contribution is -2.23. The minimum Gasteiger partial charge on any atom is -0.272 e. The van der Waals surface area contributed by atoms with Crippen LogP contribution in [0.1, 0.15) is 52.4 Å². The van der Waals surface area contributed by atoms with Crippen molar-refractivity contribution in [3.63, 3.8) is 0 Å². The third-order valence-corrected chi connectivity index (χ3v) is 3.98. The first kappa shape index (κ1) is 14.6. The summed E-state index contributed by atoms with van der Waals surface area (Å²) in [4.78, 5) is 11.4. The van der Waals surface area contributed by atoms with Crippen LogP contribution in [-0.2, 0) is 4.79 Å². The predicted molar refractivity (Wildman–Crippen MR) is 78.4 cm³/mol. The summed E-state index contributed by atoms with van der Waals surface area (Å²) < 4.78 is 0.584. The molecule has 0 atom stereocenters. The summed E-state index contributed by atoms with van der Waals surface area (Å²) in [5.74, 6) is 0.442. The highest BCUT2D eigenvalue weighted by molar-refractivity contribution is 8.23. The first-order valence-corrected chi connectivity index (χ1v) is 7.58. The van der Waals surface area contributed by atoms with Gasteiger partial charge in [-0.3, -0.25) is 4.79 Å². The molecular formula is C12H20N2OS2. The van der Waals surface area contributed by atoms with E-state index in [9.17, 15) is 4.79 Å². The molecule has 1 aliphatic rings. The zero-order valence-electron chi connectivity index (χ0n) is 10.6.